The van der Waals surface area contributed by atoms with E-state index >= 15 is 0 Å². The Morgan fingerprint density at radius 1 is 0.342 bits per heavy atom. The Labute approximate surface area is 626 Å². The number of carbonyl (C=O) groups excluding carboxylic acids is 7. The average Bonchev–Trinajstić information content (AvgIpc) is 1.64. The van der Waals surface area contributed by atoms with Crippen molar-refractivity contribution in [1.82, 2.24) is 100 Å². The number of nitrogens with two attached hydrogens (primary N) is 1. The van der Waals surface area contributed by atoms with Gasteiger partial charge in [0, 0.05) is 82.5 Å². The van der Waals surface area contributed by atoms with Crippen LogP contribution < -0.4 is 127 Å². The van der Waals surface area contributed by atoms with Gasteiger partial charge in [-0.3, -0.25) is 98.7 Å². The van der Waals surface area contributed by atoms with E-state index in [0.717, 1.165) is 22.3 Å². The Balaban J connectivity index is 0.000000135. The number of aromatic amines is 12. The first-order chi connectivity index (χ1) is 54.4. The number of nitrogens with zero attached hydrogens (tertiary/aromatic N) is 6. The molecule has 6 aromatic carbocycles. The number of aromatic nitrogens is 18. The molecular weight excluding hydrogens is 1500 g/mol. The quantitative estimate of drug-likeness (QED) is 0.0297. The van der Waals surface area contributed by atoms with Crippen LogP contribution in [0, 0.1) is 0 Å². The van der Waals surface area contributed by atoms with E-state index in [2.05, 4.69) is 108 Å². The van der Waals surface area contributed by atoms with Gasteiger partial charge >= 0.3 is 74.2 Å². The summed E-state index contributed by atoms with van der Waals surface area (Å²) in [5, 5.41) is 23.9. The van der Waals surface area contributed by atoms with E-state index in [9.17, 15) is 91.1 Å². The molecule has 6 aromatic heterocycles. The summed E-state index contributed by atoms with van der Waals surface area (Å²) in [4.78, 5) is 258. The third-order valence-corrected chi connectivity index (χ3v) is 15.2. The van der Waals surface area contributed by atoms with Crippen LogP contribution in [0.2, 0.25) is 0 Å². The highest BCUT2D eigenvalue weighted by Crippen LogP contribution is 2.31. The topological polar surface area (TPSA) is 735 Å². The summed E-state index contributed by atoms with van der Waals surface area (Å²) in [5.41, 5.74) is 5.73. The minimum atomic E-state index is -0.801. The van der Waals surface area contributed by atoms with E-state index in [0.29, 0.717) is 76.0 Å². The summed E-state index contributed by atoms with van der Waals surface area (Å²) in [6.45, 7) is 0. The van der Waals surface area contributed by atoms with Crippen LogP contribution in [0.4, 0.5) is 75.5 Å². The molecule has 0 saturated heterocycles. The van der Waals surface area contributed by atoms with Crippen molar-refractivity contribution >= 4 is 117 Å². The summed E-state index contributed by atoms with van der Waals surface area (Å²) < 4.78 is 4.99. The lowest BCUT2D eigenvalue weighted by atomic mass is 10.1. The van der Waals surface area contributed by atoms with Gasteiger partial charge in [-0.2, -0.15) is 29.9 Å². The van der Waals surface area contributed by atoms with Crippen molar-refractivity contribution in [3.8, 4) is 5.75 Å². The van der Waals surface area contributed by atoms with Gasteiger partial charge in [-0.1, -0.05) is 18.2 Å². The molecule has 48 nitrogen and oxygen atoms in total. The molecule has 0 radical (unpaired) electrons. The number of benzene rings is 6. The van der Waals surface area contributed by atoms with Crippen LogP contribution in [0.3, 0.4) is 0 Å². The molecule has 0 unspecified atom stereocenters. The Kier molecular flexibility index (Phi) is 23.4. The lowest BCUT2D eigenvalue weighted by Crippen LogP contribution is -2.25. The summed E-state index contributed by atoms with van der Waals surface area (Å²) in [6.07, 6.45) is 1.49. The molecule has 0 atom stereocenters. The molecule has 114 heavy (non-hydrogen) atoms. The number of ether oxygens (including phenoxy) is 1. The number of ketones is 1. The second kappa shape index (κ2) is 34.4. The number of primary amides is 1. The van der Waals surface area contributed by atoms with Gasteiger partial charge in [-0.25, -0.2) is 57.5 Å². The molecule has 48 heteroatoms. The molecule has 3 aliphatic heterocycles. The van der Waals surface area contributed by atoms with Gasteiger partial charge in [0.15, 0.2) is 0 Å². The number of rotatable bonds is 14. The molecular formula is C66H54N28O20. The molecule has 4 aliphatic rings. The fourth-order valence-corrected chi connectivity index (χ4v) is 10.4. The number of fused-ring (bicyclic) bond motifs is 4. The number of hydrogen-bond donors (Lipinski definition) is 22. The van der Waals surface area contributed by atoms with Gasteiger partial charge in [-0.05, 0) is 114 Å². The standard InChI is InChI=1S/C12H10N4O3.C11H7N5O4.C11H9N5O3.C11H11N5O3.C11H8N4O4.C10H9N5O3/c17-9-4-6-1-2-8(3-7(6)5-9)13-10-14-11(18)16-12(19)15-10;17-7-5-2-1-4(3-6(5)8(18)13-7)12-9-14-10(19)16-11(20)15-9;17-8-3-5-1-2-6(4-7(5)13-8)12-9-14-10(18)16-11(19)15-9;1-12-8(17)6-2-4-7(5-3-6)13-9-14-10(18)16-11(19)15-9;16-8-3-5-1-2-6(4-7(5)19-8)12-9-13-10(17)15-11(18)14-9;11-7(16)5-1-3-6(4-2-5)12-8-13-9(17)15-10(18)14-8/h1-3H,4-5H2,(H3,13,14,15,16,18,19);1-3H,(H,13,17,18)(H3,12,14,15,16,19,20);1-2,4H,3H2,(H,13,17)(H3,12,14,15,16,18,19);2-5H,1H3,(H,12,17)(H3,13,14,15,16,18,19);1-2,4H,3H2,(H3,12,13,14,15,17,18);1-4H,(H2,11,16)(H3,12,13,14,15,17,18). The number of nitrogens with one attached hydrogen (secondary N) is 21. The summed E-state index contributed by atoms with van der Waals surface area (Å²) >= 11 is 0. The number of hydrogen-bond acceptors (Lipinski definition) is 32. The fourth-order valence-electron chi connectivity index (χ4n) is 10.4. The predicted molar refractivity (Wildman–Crippen MR) is 399 cm³/mol. The van der Waals surface area contributed by atoms with Crippen LogP contribution in [0.25, 0.3) is 0 Å². The number of H-pyrrole nitrogens is 12. The second-order valence-corrected chi connectivity index (χ2v) is 23.4. The molecule has 16 rings (SSSR count). The SMILES string of the molecule is CNC(=O)c1ccc(Nc2nc(=O)[nH]c(=O)[nH]2)cc1.NC(=O)c1ccc(Nc2nc(=O)[nH]c(=O)[nH]2)cc1.O=C1Cc2ccc(Nc3nc(=O)[nH]c(=O)[nH]3)cc2C1.O=C1Cc2ccc(Nc3nc(=O)[nH]c(=O)[nH]3)cc2N1.O=C1Cc2ccc(Nc3nc(=O)[nH]c(=O)[nH]3)cc2O1.O=C1NC(=O)c2cc(Nc3nc(=O)[nH]c(=O)[nH]3)ccc21. The van der Waals surface area contributed by atoms with Gasteiger partial charge in [-0.15, -0.1) is 0 Å². The molecule has 5 amide bonds. The van der Waals surface area contributed by atoms with E-state index in [4.69, 9.17) is 10.5 Å². The van der Waals surface area contributed by atoms with E-state index in [1.165, 1.54) is 30.3 Å². The minimum absolute atomic E-state index is 0.00979. The molecule has 23 N–H and O–H groups in total. The zero-order valence-electron chi connectivity index (χ0n) is 57.8. The first-order valence-corrected chi connectivity index (χ1v) is 32.4. The van der Waals surface area contributed by atoms with Gasteiger partial charge in [0.1, 0.15) is 11.5 Å². The van der Waals surface area contributed by atoms with E-state index < -0.39 is 86.0 Å². The van der Waals surface area contributed by atoms with Gasteiger partial charge in [0.05, 0.1) is 24.0 Å². The first kappa shape index (κ1) is 77.6. The van der Waals surface area contributed by atoms with E-state index in [1.54, 1.807) is 85.9 Å². The molecule has 1 aliphatic carbocycles. The normalized spacial score (nSPS) is 12.1. The second-order valence-electron chi connectivity index (χ2n) is 23.4. The van der Waals surface area contributed by atoms with Crippen molar-refractivity contribution in [2.45, 2.75) is 25.7 Å². The fraction of sp³-hybridized carbons (Fsp3) is 0.0758. The lowest BCUT2D eigenvalue weighted by molar-refractivity contribution is -0.132. The highest BCUT2D eigenvalue weighted by atomic mass is 16.5. The maximum Gasteiger partial charge on any atom is 0.352 e. The largest absolute Gasteiger partial charge is 0.426 e. The zero-order chi connectivity index (χ0) is 81.4. The van der Waals surface area contributed by atoms with Crippen LogP contribution in [0.1, 0.15) is 63.7 Å². The Hall–Kier alpha value is -17.5. The lowest BCUT2D eigenvalue weighted by Gasteiger charge is -2.06. The summed E-state index contributed by atoms with van der Waals surface area (Å²) in [5.74, 6) is -1.32. The minimum Gasteiger partial charge on any atom is -0.426 e. The van der Waals surface area contributed by atoms with Crippen molar-refractivity contribution in [3.63, 3.8) is 0 Å². The number of esters is 1. The monoisotopic (exact) mass is 1560 g/mol. The van der Waals surface area contributed by atoms with Crippen LogP contribution in [0.5, 0.6) is 5.75 Å². The molecule has 12 aromatic rings. The van der Waals surface area contributed by atoms with Crippen LogP contribution >= 0.6 is 0 Å². The maximum atomic E-state index is 11.5. The molecule has 578 valence electrons. The Bertz CT molecular complexity index is 6120. The highest BCUT2D eigenvalue weighted by molar-refractivity contribution is 6.22. The third-order valence-electron chi connectivity index (χ3n) is 15.2. The molecule has 0 saturated carbocycles. The average molecular weight is 1560 g/mol. The van der Waals surface area contributed by atoms with Gasteiger partial charge < -0.3 is 53.0 Å². The maximum absolute atomic E-state index is 11.5. The van der Waals surface area contributed by atoms with Crippen LogP contribution in [-0.4, -0.2) is 138 Å². The van der Waals surface area contributed by atoms with Crippen molar-refractivity contribution in [1.29, 1.82) is 0 Å². The zero-order valence-corrected chi connectivity index (χ0v) is 57.8. The number of anilines is 13. The Morgan fingerprint density at radius 3 is 1.11 bits per heavy atom. The van der Waals surface area contributed by atoms with Crippen molar-refractivity contribution in [3.05, 3.63) is 292 Å². The number of Topliss-reactive ketones (excluding diaryl/α,β-unsaturated/α-hetero) is 1. The number of amides is 5. The van der Waals surface area contributed by atoms with Crippen molar-refractivity contribution in [2.24, 2.45) is 5.73 Å². The van der Waals surface area contributed by atoms with E-state index in [1.807, 2.05) is 42.0 Å². The molecule has 0 fully saturated rings. The predicted octanol–water partition coefficient (Wildman–Crippen LogP) is -2.82. The van der Waals surface area contributed by atoms with E-state index in [-0.39, 0.29) is 76.8 Å². The third kappa shape index (κ3) is 21.4. The van der Waals surface area contributed by atoms with Crippen LogP contribution in [-0.2, 0) is 40.1 Å². The van der Waals surface area contributed by atoms with Gasteiger partial charge in [0.2, 0.25) is 47.5 Å². The number of carbonyl (C=O) groups is 7. The van der Waals surface area contributed by atoms with Crippen molar-refractivity contribution < 1.29 is 38.3 Å². The molecule has 0 bridgehead atoms. The van der Waals surface area contributed by atoms with Crippen molar-refractivity contribution in [2.75, 3.05) is 44.3 Å². The van der Waals surface area contributed by atoms with Gasteiger partial charge in [0.25, 0.3) is 17.7 Å². The smallest absolute Gasteiger partial charge is 0.352 e. The number of imide groups is 1. The van der Waals surface area contributed by atoms with Crippen LogP contribution in [0.15, 0.2) is 179 Å². The Morgan fingerprint density at radius 2 is 0.693 bits per heavy atom. The summed E-state index contributed by atoms with van der Waals surface area (Å²) in [6, 6.07) is 32.8. The highest BCUT2D eigenvalue weighted by Gasteiger charge is 2.27. The molecule has 0 spiro atoms. The summed E-state index contributed by atoms with van der Waals surface area (Å²) in [7, 11) is 1.54. The molecule has 9 heterocycles. The first-order valence-electron chi connectivity index (χ1n) is 32.4.